The molecule has 1 amide bonds. The van der Waals surface area contributed by atoms with Gasteiger partial charge in [-0.15, -0.1) is 0 Å². The molecule has 11 heteroatoms. The minimum absolute atomic E-state index is 0.205. The van der Waals surface area contributed by atoms with Crippen molar-refractivity contribution in [2.75, 3.05) is 19.7 Å². The van der Waals surface area contributed by atoms with Gasteiger partial charge in [-0.2, -0.15) is 0 Å². The zero-order valence-corrected chi connectivity index (χ0v) is 21.5. The van der Waals surface area contributed by atoms with E-state index in [0.29, 0.717) is 35.1 Å². The van der Waals surface area contributed by atoms with Crippen molar-refractivity contribution >= 4 is 17.9 Å². The Bertz CT molecular complexity index is 1080. The Hall–Kier alpha value is -3.60. The van der Waals surface area contributed by atoms with Gasteiger partial charge in [0.05, 0.1) is 31.3 Å². The van der Waals surface area contributed by atoms with E-state index >= 15 is 0 Å². The second-order valence-corrected chi connectivity index (χ2v) is 9.40. The van der Waals surface area contributed by atoms with E-state index in [1.54, 1.807) is 58.0 Å². The van der Waals surface area contributed by atoms with E-state index in [1.165, 1.54) is 12.1 Å². The number of hydrogen-bond acceptors (Lipinski definition) is 9. The van der Waals surface area contributed by atoms with Crippen LogP contribution in [0, 0.1) is 5.82 Å². The summed E-state index contributed by atoms with van der Waals surface area (Å²) in [5, 5.41) is 7.56. The summed E-state index contributed by atoms with van der Waals surface area (Å²) < 4.78 is 30.5. The fourth-order valence-electron chi connectivity index (χ4n) is 3.53. The summed E-state index contributed by atoms with van der Waals surface area (Å²) in [7, 11) is 0. The summed E-state index contributed by atoms with van der Waals surface area (Å²) in [6.45, 7) is 11.5. The molecule has 1 aromatic rings. The molecule has 0 bridgehead atoms. The summed E-state index contributed by atoms with van der Waals surface area (Å²) >= 11 is 0. The molecule has 0 fully saturated rings. The summed E-state index contributed by atoms with van der Waals surface area (Å²) in [4.78, 5) is 28.7. The van der Waals surface area contributed by atoms with Crippen LogP contribution in [0.2, 0.25) is 0 Å². The topological polar surface area (TPSA) is 114 Å². The van der Waals surface area contributed by atoms with Gasteiger partial charge in [-0.25, -0.2) is 24.4 Å². The number of halogens is 1. The molecule has 2 unspecified atom stereocenters. The molecule has 2 aliphatic rings. The van der Waals surface area contributed by atoms with Crippen LogP contribution in [-0.2, 0) is 14.3 Å². The second-order valence-electron chi connectivity index (χ2n) is 9.40. The van der Waals surface area contributed by atoms with E-state index in [2.05, 4.69) is 21.1 Å². The number of ether oxygens (including phenoxy) is 3. The largest absolute Gasteiger partial charge is 0.489 e. The highest BCUT2D eigenvalue weighted by molar-refractivity contribution is 5.97. The fraction of sp³-hybridized carbons (Fsp3) is 0.480. The number of hydrogen-bond donors (Lipinski definition) is 3. The maximum Gasteiger partial charge on any atom is 0.407 e. The molecule has 0 radical (unpaired) electrons. The van der Waals surface area contributed by atoms with Crippen molar-refractivity contribution in [3.63, 3.8) is 0 Å². The second kappa shape index (κ2) is 11.4. The molecular weight excluding hydrogens is 469 g/mol. The molecule has 0 aromatic heterocycles. The van der Waals surface area contributed by atoms with E-state index < -0.39 is 35.6 Å². The Balaban J connectivity index is 1.70. The highest BCUT2D eigenvalue weighted by Gasteiger charge is 2.29. The van der Waals surface area contributed by atoms with Crippen molar-refractivity contribution in [3.05, 3.63) is 53.2 Å². The zero-order valence-electron chi connectivity index (χ0n) is 21.5. The van der Waals surface area contributed by atoms with Crippen molar-refractivity contribution in [2.45, 2.75) is 59.3 Å². The van der Waals surface area contributed by atoms with Crippen LogP contribution in [0.25, 0.3) is 0 Å². The van der Waals surface area contributed by atoms with E-state index in [9.17, 15) is 14.0 Å². The summed E-state index contributed by atoms with van der Waals surface area (Å²) in [6, 6.07) is 3.87. The molecule has 2 aliphatic heterocycles. The lowest BCUT2D eigenvalue weighted by molar-refractivity contribution is -0.138. The molecule has 196 valence electrons. The van der Waals surface area contributed by atoms with Gasteiger partial charge in [0, 0.05) is 11.8 Å². The number of benzene rings is 1. The SMILES string of the molecule is CCOC(=O)C1=C2N=C(NC(C)c3cc(F)ccc3OC(C)CNC(=O)OC(C)(C)C)C=CN2NC1. The number of alkyl carbamates (subject to hydrolysis) is 1. The normalized spacial score (nSPS) is 16.6. The number of nitrogens with one attached hydrogen (secondary N) is 3. The first-order valence-electron chi connectivity index (χ1n) is 11.9. The number of carbonyl (C=O) groups excluding carboxylic acids is 2. The lowest BCUT2D eigenvalue weighted by Gasteiger charge is -2.25. The molecule has 2 atom stereocenters. The molecule has 0 saturated heterocycles. The first-order chi connectivity index (χ1) is 17.0. The maximum atomic E-state index is 14.1. The van der Waals surface area contributed by atoms with Crippen molar-refractivity contribution in [2.24, 2.45) is 4.99 Å². The Labute approximate surface area is 210 Å². The maximum absolute atomic E-state index is 14.1. The van der Waals surface area contributed by atoms with Crippen molar-refractivity contribution < 1.29 is 28.2 Å². The monoisotopic (exact) mass is 503 g/mol. The molecule has 3 N–H and O–H groups in total. The third-order valence-corrected chi connectivity index (χ3v) is 5.12. The van der Waals surface area contributed by atoms with Crippen LogP contribution in [0.5, 0.6) is 5.75 Å². The van der Waals surface area contributed by atoms with Gasteiger partial charge in [0.2, 0.25) is 0 Å². The molecule has 0 saturated carbocycles. The van der Waals surface area contributed by atoms with E-state index in [1.807, 2.05) is 6.92 Å². The van der Waals surface area contributed by atoms with E-state index in [4.69, 9.17) is 14.2 Å². The van der Waals surface area contributed by atoms with Gasteiger partial charge in [-0.05, 0) is 65.8 Å². The number of hydrazine groups is 1. The van der Waals surface area contributed by atoms with Gasteiger partial charge >= 0.3 is 12.1 Å². The number of fused-ring (bicyclic) bond motifs is 1. The van der Waals surface area contributed by atoms with Crippen LogP contribution in [0.1, 0.15) is 53.1 Å². The highest BCUT2D eigenvalue weighted by atomic mass is 19.1. The van der Waals surface area contributed by atoms with E-state index in [0.717, 1.165) is 0 Å². The first-order valence-corrected chi connectivity index (χ1v) is 11.9. The van der Waals surface area contributed by atoms with Crippen molar-refractivity contribution in [1.82, 2.24) is 21.1 Å². The Morgan fingerprint density at radius 1 is 1.28 bits per heavy atom. The van der Waals surface area contributed by atoms with Crippen molar-refractivity contribution in [1.29, 1.82) is 0 Å². The summed E-state index contributed by atoms with van der Waals surface area (Å²) in [5.74, 6) is 0.567. The van der Waals surface area contributed by atoms with Crippen molar-refractivity contribution in [3.8, 4) is 5.75 Å². The minimum Gasteiger partial charge on any atom is -0.489 e. The molecule has 3 rings (SSSR count). The lowest BCUT2D eigenvalue weighted by Crippen LogP contribution is -2.38. The molecule has 36 heavy (non-hydrogen) atoms. The average molecular weight is 504 g/mol. The predicted octanol–water partition coefficient (Wildman–Crippen LogP) is 3.29. The third kappa shape index (κ3) is 7.20. The minimum atomic E-state index is -0.603. The molecule has 1 aromatic carbocycles. The van der Waals surface area contributed by atoms with Crippen LogP contribution < -0.4 is 20.8 Å². The van der Waals surface area contributed by atoms with Gasteiger partial charge in [0.25, 0.3) is 0 Å². The fourth-order valence-corrected chi connectivity index (χ4v) is 3.53. The van der Waals surface area contributed by atoms with E-state index in [-0.39, 0.29) is 13.2 Å². The molecule has 0 spiro atoms. The number of amides is 1. The van der Waals surface area contributed by atoms with Gasteiger partial charge < -0.3 is 24.8 Å². The zero-order chi connectivity index (χ0) is 26.5. The number of esters is 1. The third-order valence-electron chi connectivity index (χ3n) is 5.12. The molecule has 10 nitrogen and oxygen atoms in total. The first kappa shape index (κ1) is 27.0. The van der Waals surface area contributed by atoms with Gasteiger partial charge in [-0.3, -0.25) is 5.01 Å². The van der Waals surface area contributed by atoms with Gasteiger partial charge in [0.15, 0.2) is 5.82 Å². The number of nitrogens with zero attached hydrogens (tertiary/aromatic N) is 2. The number of rotatable bonds is 8. The smallest absolute Gasteiger partial charge is 0.407 e. The Kier molecular flexibility index (Phi) is 8.57. The summed E-state index contributed by atoms with van der Waals surface area (Å²) in [5.41, 5.74) is 3.45. The Morgan fingerprint density at radius 3 is 2.72 bits per heavy atom. The van der Waals surface area contributed by atoms with Gasteiger partial charge in [-0.1, -0.05) is 0 Å². The summed E-state index contributed by atoms with van der Waals surface area (Å²) in [6.07, 6.45) is 2.54. The van der Waals surface area contributed by atoms with Crippen LogP contribution in [0.3, 0.4) is 0 Å². The molecular formula is C25H34FN5O5. The predicted molar refractivity (Wildman–Crippen MR) is 132 cm³/mol. The number of carbonyl (C=O) groups is 2. The quantitative estimate of drug-likeness (QED) is 0.463. The van der Waals surface area contributed by atoms with Gasteiger partial charge in [0.1, 0.15) is 29.1 Å². The van der Waals surface area contributed by atoms with Crippen LogP contribution >= 0.6 is 0 Å². The van der Waals surface area contributed by atoms with Crippen LogP contribution in [0.15, 0.2) is 46.9 Å². The standard InChI is InChI=1S/C25H34FN5O5/c1-7-34-23(32)19-14-28-31-11-10-21(30-22(19)31)29-16(3)18-12-17(26)8-9-20(18)35-15(2)13-27-24(33)36-25(4,5)6/h8-12,15-16,28H,7,13-14H2,1-6H3,(H,27,33)(H,29,30). The lowest BCUT2D eigenvalue weighted by atomic mass is 10.1. The van der Waals surface area contributed by atoms with Crippen LogP contribution in [-0.4, -0.2) is 54.3 Å². The highest BCUT2D eigenvalue weighted by Crippen LogP contribution is 2.28. The van der Waals surface area contributed by atoms with Crippen LogP contribution in [0.4, 0.5) is 9.18 Å². The number of aliphatic imine (C=N–C) groups is 1. The average Bonchev–Trinajstić information content (AvgIpc) is 3.21. The molecule has 2 heterocycles. The Morgan fingerprint density at radius 2 is 2.03 bits per heavy atom. The molecule has 0 aliphatic carbocycles. The number of amidine groups is 1.